The monoisotopic (exact) mass is 348 g/mol. The number of H-pyrrole nitrogens is 1. The van der Waals surface area contributed by atoms with E-state index >= 15 is 0 Å². The number of rotatable bonds is 3. The second-order valence-corrected chi connectivity index (χ2v) is 6.76. The van der Waals surface area contributed by atoms with Crippen LogP contribution in [-0.4, -0.2) is 49.5 Å². The minimum Gasteiger partial charge on any atom is -0.336 e. The van der Waals surface area contributed by atoms with Crippen molar-refractivity contribution in [1.82, 2.24) is 30.5 Å². The molecular formula is C19H20N6O. The fourth-order valence-electron chi connectivity index (χ4n) is 3.50. The molecule has 1 saturated heterocycles. The maximum atomic E-state index is 13.0. The van der Waals surface area contributed by atoms with E-state index in [0.717, 1.165) is 11.1 Å². The molecule has 0 saturated carbocycles. The van der Waals surface area contributed by atoms with E-state index in [-0.39, 0.29) is 17.7 Å². The van der Waals surface area contributed by atoms with Crippen molar-refractivity contribution in [2.24, 2.45) is 0 Å². The first-order valence-electron chi connectivity index (χ1n) is 8.64. The summed E-state index contributed by atoms with van der Waals surface area (Å²) < 4.78 is 0. The lowest BCUT2D eigenvalue weighted by Gasteiger charge is -2.16. The number of likely N-dealkylation sites (tertiary alicyclic amines) is 1. The maximum Gasteiger partial charge on any atom is 0.272 e. The minimum absolute atomic E-state index is 0.00615. The smallest absolute Gasteiger partial charge is 0.272 e. The molecule has 4 rings (SSSR count). The van der Waals surface area contributed by atoms with E-state index in [1.807, 2.05) is 43.0 Å². The van der Waals surface area contributed by atoms with Crippen LogP contribution in [-0.2, 0) is 0 Å². The van der Waals surface area contributed by atoms with Gasteiger partial charge >= 0.3 is 0 Å². The minimum atomic E-state index is -0.0555. The van der Waals surface area contributed by atoms with E-state index in [9.17, 15) is 4.79 Å². The summed E-state index contributed by atoms with van der Waals surface area (Å²) in [6, 6.07) is 12.0. The van der Waals surface area contributed by atoms with Crippen LogP contribution in [0, 0.1) is 13.8 Å². The molecule has 0 aliphatic carbocycles. The zero-order chi connectivity index (χ0) is 18.1. The second kappa shape index (κ2) is 6.67. The third-order valence-electron chi connectivity index (χ3n) is 5.12. The Morgan fingerprint density at radius 3 is 2.58 bits per heavy atom. The van der Waals surface area contributed by atoms with Crippen LogP contribution in [0.4, 0.5) is 0 Å². The Kier molecular flexibility index (Phi) is 4.20. The van der Waals surface area contributed by atoms with Crippen molar-refractivity contribution < 1.29 is 4.79 Å². The number of amides is 1. The highest BCUT2D eigenvalue weighted by atomic mass is 16.2. The lowest BCUT2D eigenvalue weighted by molar-refractivity contribution is 0.0783. The van der Waals surface area contributed by atoms with E-state index in [1.54, 1.807) is 6.20 Å². The van der Waals surface area contributed by atoms with Gasteiger partial charge in [-0.15, -0.1) is 10.2 Å². The van der Waals surface area contributed by atoms with Gasteiger partial charge in [0, 0.05) is 31.1 Å². The summed E-state index contributed by atoms with van der Waals surface area (Å²) in [5.41, 5.74) is 3.80. The average molecular weight is 348 g/mol. The molecule has 2 atom stereocenters. The lowest BCUT2D eigenvalue weighted by atomic mass is 9.88. The van der Waals surface area contributed by atoms with Gasteiger partial charge in [-0.25, -0.2) is 0 Å². The molecule has 7 heteroatoms. The van der Waals surface area contributed by atoms with Crippen LogP contribution < -0.4 is 0 Å². The van der Waals surface area contributed by atoms with Crippen LogP contribution in [0.1, 0.15) is 44.8 Å². The third-order valence-corrected chi connectivity index (χ3v) is 5.12. The van der Waals surface area contributed by atoms with Crippen molar-refractivity contribution in [2.75, 3.05) is 13.1 Å². The van der Waals surface area contributed by atoms with Gasteiger partial charge in [0.2, 0.25) is 0 Å². The maximum absolute atomic E-state index is 13.0. The quantitative estimate of drug-likeness (QED) is 0.784. The molecule has 2 aromatic heterocycles. The molecule has 132 valence electrons. The fourth-order valence-corrected chi connectivity index (χ4v) is 3.50. The van der Waals surface area contributed by atoms with Crippen molar-refractivity contribution in [2.45, 2.75) is 25.7 Å². The Morgan fingerprint density at radius 2 is 1.88 bits per heavy atom. The summed E-state index contributed by atoms with van der Waals surface area (Å²) >= 11 is 0. The highest BCUT2D eigenvalue weighted by molar-refractivity contribution is 5.92. The number of nitrogens with one attached hydrogen (secondary N) is 1. The summed E-state index contributed by atoms with van der Waals surface area (Å²) in [7, 11) is 0. The fraction of sp³-hybridized carbons (Fsp3) is 0.316. The zero-order valence-electron chi connectivity index (χ0n) is 14.8. The first-order chi connectivity index (χ1) is 12.6. The molecule has 1 N–H and O–H groups in total. The van der Waals surface area contributed by atoms with Crippen LogP contribution in [0.3, 0.4) is 0 Å². The normalized spacial score (nSPS) is 19.7. The van der Waals surface area contributed by atoms with E-state index in [1.165, 1.54) is 5.56 Å². The van der Waals surface area contributed by atoms with E-state index in [4.69, 9.17) is 0 Å². The van der Waals surface area contributed by atoms with Crippen LogP contribution in [0.25, 0.3) is 0 Å². The molecule has 3 aromatic rings. The van der Waals surface area contributed by atoms with Crippen molar-refractivity contribution in [3.05, 3.63) is 70.8 Å². The number of tetrazole rings is 1. The van der Waals surface area contributed by atoms with Gasteiger partial charge in [-0.1, -0.05) is 35.5 Å². The number of aromatic nitrogens is 5. The van der Waals surface area contributed by atoms with Crippen LogP contribution in [0.15, 0.2) is 42.6 Å². The van der Waals surface area contributed by atoms with Gasteiger partial charge in [0.05, 0.1) is 0 Å². The Morgan fingerprint density at radius 1 is 1.12 bits per heavy atom. The summed E-state index contributed by atoms with van der Waals surface area (Å²) in [4.78, 5) is 19.2. The number of carbonyl (C=O) groups is 1. The van der Waals surface area contributed by atoms with Crippen LogP contribution >= 0.6 is 0 Å². The van der Waals surface area contributed by atoms with Gasteiger partial charge in [-0.05, 0) is 36.6 Å². The van der Waals surface area contributed by atoms with Crippen molar-refractivity contribution in [1.29, 1.82) is 0 Å². The summed E-state index contributed by atoms with van der Waals surface area (Å²) in [6.07, 6.45) is 1.75. The first kappa shape index (κ1) is 16.4. The molecule has 1 aromatic carbocycles. The molecule has 1 aliphatic rings. The molecule has 1 aliphatic heterocycles. The Labute approximate surface area is 151 Å². The van der Waals surface area contributed by atoms with E-state index in [0.29, 0.717) is 24.6 Å². The average Bonchev–Trinajstić information content (AvgIpc) is 3.33. The highest BCUT2D eigenvalue weighted by Crippen LogP contribution is 2.38. The standard InChI is InChI=1S/C19H20N6O/c1-12-8-17(20-9-13(12)2)19(26)25-10-15(14-6-4-3-5-7-14)16(11-25)18-21-23-24-22-18/h3-9,15-16H,10-11H2,1-2H3,(H,21,22,23,24)/t15-,16+/m1/s1. The highest BCUT2D eigenvalue weighted by Gasteiger charge is 2.39. The molecule has 0 bridgehead atoms. The number of pyridine rings is 1. The van der Waals surface area contributed by atoms with Gasteiger partial charge in [-0.2, -0.15) is 5.21 Å². The van der Waals surface area contributed by atoms with Crippen molar-refractivity contribution >= 4 is 5.91 Å². The number of aromatic amines is 1. The molecule has 1 fully saturated rings. The molecule has 0 radical (unpaired) electrons. The summed E-state index contributed by atoms with van der Waals surface area (Å²) in [5.74, 6) is 0.721. The predicted octanol–water partition coefficient (Wildman–Crippen LogP) is 2.23. The molecular weight excluding hydrogens is 328 g/mol. The molecule has 0 spiro atoms. The van der Waals surface area contributed by atoms with E-state index < -0.39 is 0 Å². The Bertz CT molecular complexity index is 909. The SMILES string of the molecule is Cc1cnc(C(=O)N2C[C@H](c3ccccc3)[C@@H](c3nn[nH]n3)C2)cc1C. The van der Waals surface area contributed by atoms with Crippen LogP contribution in [0.5, 0.6) is 0 Å². The lowest BCUT2D eigenvalue weighted by Crippen LogP contribution is -2.29. The number of hydrogen-bond donors (Lipinski definition) is 1. The van der Waals surface area contributed by atoms with Gasteiger partial charge in [0.25, 0.3) is 5.91 Å². The number of hydrogen-bond acceptors (Lipinski definition) is 5. The largest absolute Gasteiger partial charge is 0.336 e. The topological polar surface area (TPSA) is 87.7 Å². The third kappa shape index (κ3) is 2.96. The number of carbonyl (C=O) groups excluding carboxylic acids is 1. The number of nitrogens with zero attached hydrogens (tertiary/aromatic N) is 5. The summed E-state index contributed by atoms with van der Waals surface area (Å²) in [5, 5.41) is 14.5. The van der Waals surface area contributed by atoms with Gasteiger partial charge in [0.1, 0.15) is 5.69 Å². The second-order valence-electron chi connectivity index (χ2n) is 6.76. The van der Waals surface area contributed by atoms with Gasteiger partial charge in [0.15, 0.2) is 5.82 Å². The first-order valence-corrected chi connectivity index (χ1v) is 8.64. The zero-order valence-corrected chi connectivity index (χ0v) is 14.8. The van der Waals surface area contributed by atoms with Crippen molar-refractivity contribution in [3.63, 3.8) is 0 Å². The summed E-state index contributed by atoms with van der Waals surface area (Å²) in [6.45, 7) is 5.14. The molecule has 1 amide bonds. The number of benzene rings is 1. The Hall–Kier alpha value is -3.09. The van der Waals surface area contributed by atoms with Crippen molar-refractivity contribution in [3.8, 4) is 0 Å². The van der Waals surface area contributed by atoms with Gasteiger partial charge < -0.3 is 4.90 Å². The van der Waals surface area contributed by atoms with Crippen LogP contribution in [0.2, 0.25) is 0 Å². The molecule has 3 heterocycles. The Balaban J connectivity index is 1.64. The molecule has 7 nitrogen and oxygen atoms in total. The predicted molar refractivity (Wildman–Crippen MR) is 95.7 cm³/mol. The van der Waals surface area contributed by atoms with E-state index in [2.05, 4.69) is 37.7 Å². The molecule has 26 heavy (non-hydrogen) atoms. The number of aryl methyl sites for hydroxylation is 2. The van der Waals surface area contributed by atoms with Gasteiger partial charge in [-0.3, -0.25) is 9.78 Å². The molecule has 0 unspecified atom stereocenters.